The maximum atomic E-state index is 8.68. The van der Waals surface area contributed by atoms with Crippen molar-refractivity contribution in [2.45, 2.75) is 19.3 Å². The Labute approximate surface area is 64.4 Å². The van der Waals surface area contributed by atoms with Gasteiger partial charge < -0.3 is 10.2 Å². The third-order valence-corrected chi connectivity index (χ3v) is 2.06. The minimum Gasteiger partial charge on any atom is -0.444 e. The summed E-state index contributed by atoms with van der Waals surface area (Å²) in [5.74, 6) is 1.20. The Morgan fingerprint density at radius 3 is 3.00 bits per heavy atom. The van der Waals surface area contributed by atoms with Crippen molar-refractivity contribution in [3.8, 4) is 6.07 Å². The Hall–Kier alpha value is -1.43. The molecule has 0 atom stereocenters. The number of anilines is 1. The molecular formula is C8H8N2O. The lowest BCUT2D eigenvalue weighted by atomic mass is 10.1. The average molecular weight is 148 g/mol. The number of aryl methyl sites for hydroxylation is 1. The van der Waals surface area contributed by atoms with Crippen LogP contribution in [-0.2, 0) is 12.8 Å². The summed E-state index contributed by atoms with van der Waals surface area (Å²) in [5.41, 5.74) is 7.06. The van der Waals surface area contributed by atoms with Crippen LogP contribution in [0.5, 0.6) is 0 Å². The Morgan fingerprint density at radius 2 is 2.27 bits per heavy atom. The van der Waals surface area contributed by atoms with Gasteiger partial charge in [0.25, 0.3) is 0 Å². The molecule has 1 aromatic heterocycles. The molecule has 0 unspecified atom stereocenters. The van der Waals surface area contributed by atoms with Crippen LogP contribution in [0.15, 0.2) is 4.42 Å². The van der Waals surface area contributed by atoms with Gasteiger partial charge in [-0.2, -0.15) is 5.26 Å². The number of nitriles is 1. The molecular weight excluding hydrogens is 140 g/mol. The van der Waals surface area contributed by atoms with Crippen molar-refractivity contribution in [1.82, 2.24) is 0 Å². The number of fused-ring (bicyclic) bond motifs is 1. The topological polar surface area (TPSA) is 63.0 Å². The fourth-order valence-electron chi connectivity index (χ4n) is 1.55. The van der Waals surface area contributed by atoms with Gasteiger partial charge in [0.05, 0.1) is 0 Å². The molecule has 1 heterocycles. The largest absolute Gasteiger partial charge is 0.444 e. The summed E-state index contributed by atoms with van der Waals surface area (Å²) in [6.07, 6.45) is 2.96. The lowest BCUT2D eigenvalue weighted by molar-refractivity contribution is 0.533. The van der Waals surface area contributed by atoms with Crippen LogP contribution in [0.3, 0.4) is 0 Å². The van der Waals surface area contributed by atoms with Gasteiger partial charge in [-0.3, -0.25) is 0 Å². The Kier molecular flexibility index (Phi) is 1.16. The van der Waals surface area contributed by atoms with Crippen molar-refractivity contribution in [3.63, 3.8) is 0 Å². The van der Waals surface area contributed by atoms with Gasteiger partial charge >= 0.3 is 0 Å². The number of hydrogen-bond donors (Lipinski definition) is 1. The van der Waals surface area contributed by atoms with Crippen LogP contribution in [0.1, 0.15) is 23.3 Å². The Morgan fingerprint density at radius 1 is 1.45 bits per heavy atom. The average Bonchev–Trinajstić information content (AvgIpc) is 2.46. The summed E-state index contributed by atoms with van der Waals surface area (Å²) in [7, 11) is 0. The van der Waals surface area contributed by atoms with Crippen molar-refractivity contribution in [2.75, 3.05) is 5.73 Å². The molecule has 2 N–H and O–H groups in total. The van der Waals surface area contributed by atoms with Gasteiger partial charge in [0, 0.05) is 12.0 Å². The molecule has 0 aromatic carbocycles. The van der Waals surface area contributed by atoms with E-state index in [0.717, 1.165) is 30.6 Å². The molecule has 3 nitrogen and oxygen atoms in total. The van der Waals surface area contributed by atoms with E-state index in [1.165, 1.54) is 0 Å². The molecule has 0 saturated heterocycles. The van der Waals surface area contributed by atoms with E-state index in [9.17, 15) is 0 Å². The number of nitrogens with two attached hydrogens (primary N) is 1. The second kappa shape index (κ2) is 2.03. The highest BCUT2D eigenvalue weighted by Crippen LogP contribution is 2.31. The number of nitrogens with zero attached hydrogens (tertiary/aromatic N) is 1. The predicted molar refractivity (Wildman–Crippen MR) is 39.9 cm³/mol. The van der Waals surface area contributed by atoms with Crippen molar-refractivity contribution in [2.24, 2.45) is 0 Å². The highest BCUT2D eigenvalue weighted by molar-refractivity contribution is 5.55. The number of hydrogen-bond acceptors (Lipinski definition) is 3. The van der Waals surface area contributed by atoms with E-state index in [1.807, 2.05) is 0 Å². The minimum atomic E-state index is 0.289. The normalized spacial score (nSPS) is 14.5. The standard InChI is InChI=1S/C8H8N2O/c9-4-6-5-2-1-3-7(5)11-8(6)10/h1-3,10H2. The lowest BCUT2D eigenvalue weighted by Crippen LogP contribution is -1.87. The minimum absolute atomic E-state index is 0.289. The molecule has 3 heteroatoms. The summed E-state index contributed by atoms with van der Waals surface area (Å²) in [6.45, 7) is 0. The van der Waals surface area contributed by atoms with Crippen LogP contribution >= 0.6 is 0 Å². The number of furan rings is 1. The Bertz CT molecular complexity index is 333. The first-order valence-corrected chi connectivity index (χ1v) is 3.63. The van der Waals surface area contributed by atoms with Gasteiger partial charge in [0.15, 0.2) is 0 Å². The van der Waals surface area contributed by atoms with Crippen LogP contribution < -0.4 is 5.73 Å². The fourth-order valence-corrected chi connectivity index (χ4v) is 1.55. The molecule has 0 bridgehead atoms. The van der Waals surface area contributed by atoms with Crippen molar-refractivity contribution >= 4 is 5.88 Å². The summed E-state index contributed by atoms with van der Waals surface area (Å²) < 4.78 is 5.20. The SMILES string of the molecule is N#Cc1c(N)oc2c1CCC2. The third-order valence-electron chi connectivity index (χ3n) is 2.06. The zero-order valence-corrected chi connectivity index (χ0v) is 6.05. The summed E-state index contributed by atoms with van der Waals surface area (Å²) in [6, 6.07) is 2.06. The van der Waals surface area contributed by atoms with Crippen LogP contribution in [0.4, 0.5) is 5.88 Å². The first-order chi connectivity index (χ1) is 5.33. The molecule has 1 aliphatic carbocycles. The van der Waals surface area contributed by atoms with Gasteiger partial charge in [0.1, 0.15) is 17.4 Å². The van der Waals surface area contributed by atoms with E-state index in [4.69, 9.17) is 15.4 Å². The predicted octanol–water partition coefficient (Wildman–Crippen LogP) is 1.22. The highest BCUT2D eigenvalue weighted by Gasteiger charge is 2.22. The third kappa shape index (κ3) is 0.726. The summed E-state index contributed by atoms with van der Waals surface area (Å²) in [4.78, 5) is 0. The van der Waals surface area contributed by atoms with E-state index in [1.54, 1.807) is 0 Å². The molecule has 1 aromatic rings. The quantitative estimate of drug-likeness (QED) is 0.601. The molecule has 0 fully saturated rings. The zero-order valence-electron chi connectivity index (χ0n) is 6.05. The molecule has 0 saturated carbocycles. The summed E-state index contributed by atoms with van der Waals surface area (Å²) >= 11 is 0. The first-order valence-electron chi connectivity index (χ1n) is 3.63. The smallest absolute Gasteiger partial charge is 0.208 e. The van der Waals surface area contributed by atoms with E-state index >= 15 is 0 Å². The van der Waals surface area contributed by atoms with E-state index in [0.29, 0.717) is 5.56 Å². The van der Waals surface area contributed by atoms with Gasteiger partial charge in [-0.1, -0.05) is 0 Å². The maximum Gasteiger partial charge on any atom is 0.208 e. The lowest BCUT2D eigenvalue weighted by Gasteiger charge is -1.87. The van der Waals surface area contributed by atoms with E-state index < -0.39 is 0 Å². The second-order valence-electron chi connectivity index (χ2n) is 2.71. The summed E-state index contributed by atoms with van der Waals surface area (Å²) in [5, 5.41) is 8.68. The van der Waals surface area contributed by atoms with E-state index in [2.05, 4.69) is 6.07 Å². The number of rotatable bonds is 0. The molecule has 0 spiro atoms. The molecule has 0 amide bonds. The van der Waals surface area contributed by atoms with Gasteiger partial charge in [-0.05, 0) is 12.8 Å². The Balaban J connectivity index is 2.63. The van der Waals surface area contributed by atoms with Gasteiger partial charge in [0.2, 0.25) is 5.88 Å². The van der Waals surface area contributed by atoms with Gasteiger partial charge in [-0.25, -0.2) is 0 Å². The van der Waals surface area contributed by atoms with Crippen molar-refractivity contribution < 1.29 is 4.42 Å². The van der Waals surface area contributed by atoms with Gasteiger partial charge in [-0.15, -0.1) is 0 Å². The molecule has 0 aliphatic heterocycles. The molecule has 56 valence electrons. The van der Waals surface area contributed by atoms with Crippen LogP contribution in [-0.4, -0.2) is 0 Å². The van der Waals surface area contributed by atoms with Crippen LogP contribution in [0, 0.1) is 11.3 Å². The maximum absolute atomic E-state index is 8.68. The molecule has 2 rings (SSSR count). The van der Waals surface area contributed by atoms with Crippen molar-refractivity contribution in [3.05, 3.63) is 16.9 Å². The van der Waals surface area contributed by atoms with Crippen molar-refractivity contribution in [1.29, 1.82) is 5.26 Å². The number of nitrogen functional groups attached to an aromatic ring is 1. The van der Waals surface area contributed by atoms with E-state index in [-0.39, 0.29) is 5.88 Å². The fraction of sp³-hybridized carbons (Fsp3) is 0.375. The second-order valence-corrected chi connectivity index (χ2v) is 2.71. The molecule has 1 aliphatic rings. The zero-order chi connectivity index (χ0) is 7.84. The monoisotopic (exact) mass is 148 g/mol. The van der Waals surface area contributed by atoms with Crippen LogP contribution in [0.25, 0.3) is 0 Å². The highest BCUT2D eigenvalue weighted by atomic mass is 16.4. The van der Waals surface area contributed by atoms with Crippen LogP contribution in [0.2, 0.25) is 0 Å². The molecule has 0 radical (unpaired) electrons. The molecule has 11 heavy (non-hydrogen) atoms. The first kappa shape index (κ1) is 6.29.